The van der Waals surface area contributed by atoms with Crippen LogP contribution in [-0.2, 0) is 6.54 Å². The summed E-state index contributed by atoms with van der Waals surface area (Å²) >= 11 is 9.41. The van der Waals surface area contributed by atoms with Crippen molar-refractivity contribution in [1.29, 1.82) is 0 Å². The minimum Gasteiger partial charge on any atom is -0.306 e. The van der Waals surface area contributed by atoms with Crippen molar-refractivity contribution < 1.29 is 4.39 Å². The first-order chi connectivity index (χ1) is 9.06. The summed E-state index contributed by atoms with van der Waals surface area (Å²) in [7, 11) is 0. The normalized spacial score (nSPS) is 12.4. The summed E-state index contributed by atoms with van der Waals surface area (Å²) in [5, 5.41) is 4.09. The molecule has 1 N–H and O–H groups in total. The van der Waals surface area contributed by atoms with Gasteiger partial charge >= 0.3 is 0 Å². The maximum absolute atomic E-state index is 12.8. The van der Waals surface area contributed by atoms with Crippen molar-refractivity contribution in [2.45, 2.75) is 19.5 Å². The van der Waals surface area contributed by atoms with Gasteiger partial charge in [0.2, 0.25) is 0 Å². The molecule has 0 saturated heterocycles. The quantitative estimate of drug-likeness (QED) is 0.816. The lowest BCUT2D eigenvalue weighted by Gasteiger charge is -2.14. The van der Waals surface area contributed by atoms with Crippen molar-refractivity contribution >= 4 is 27.5 Å². The van der Waals surface area contributed by atoms with E-state index in [9.17, 15) is 4.39 Å². The number of nitrogens with one attached hydrogen (secondary N) is 1. The zero-order chi connectivity index (χ0) is 13.8. The van der Waals surface area contributed by atoms with E-state index in [1.807, 2.05) is 25.1 Å². The van der Waals surface area contributed by atoms with Crippen LogP contribution in [-0.4, -0.2) is 0 Å². The molecule has 0 amide bonds. The highest BCUT2D eigenvalue weighted by atomic mass is 79.9. The van der Waals surface area contributed by atoms with Crippen molar-refractivity contribution in [3.05, 3.63) is 68.9 Å². The average molecular weight is 343 g/mol. The molecule has 1 atom stereocenters. The summed E-state index contributed by atoms with van der Waals surface area (Å²) in [6, 6.07) is 12.6. The Balaban J connectivity index is 1.98. The number of hydrogen-bond acceptors (Lipinski definition) is 1. The number of benzene rings is 2. The Kier molecular flexibility index (Phi) is 4.97. The molecule has 4 heteroatoms. The summed E-state index contributed by atoms with van der Waals surface area (Å²) in [4.78, 5) is 0. The van der Waals surface area contributed by atoms with Gasteiger partial charge in [0.25, 0.3) is 0 Å². The zero-order valence-corrected chi connectivity index (χ0v) is 12.8. The molecule has 0 aliphatic rings. The van der Waals surface area contributed by atoms with E-state index in [-0.39, 0.29) is 11.9 Å². The van der Waals surface area contributed by atoms with Crippen LogP contribution >= 0.6 is 27.5 Å². The van der Waals surface area contributed by atoms with E-state index < -0.39 is 0 Å². The fourth-order valence-corrected chi connectivity index (χ4v) is 2.24. The van der Waals surface area contributed by atoms with Crippen LogP contribution in [0.5, 0.6) is 0 Å². The fraction of sp³-hybridized carbons (Fsp3) is 0.200. The highest BCUT2D eigenvalue weighted by Crippen LogP contribution is 2.23. The molecule has 19 heavy (non-hydrogen) atoms. The summed E-state index contributed by atoms with van der Waals surface area (Å²) in [6.07, 6.45) is 0. The van der Waals surface area contributed by atoms with Crippen molar-refractivity contribution in [2.75, 3.05) is 0 Å². The maximum atomic E-state index is 12.8. The predicted octanol–water partition coefficient (Wildman–Crippen LogP) is 5.09. The molecule has 0 fully saturated rings. The first-order valence-corrected chi connectivity index (χ1v) is 7.16. The van der Waals surface area contributed by atoms with Gasteiger partial charge in [0, 0.05) is 17.1 Å². The minimum absolute atomic E-state index is 0.156. The summed E-state index contributed by atoms with van der Waals surface area (Å²) in [6.45, 7) is 2.76. The lowest BCUT2D eigenvalue weighted by atomic mass is 10.1. The highest BCUT2D eigenvalue weighted by Gasteiger charge is 2.05. The zero-order valence-electron chi connectivity index (χ0n) is 10.5. The Labute approximate surface area is 125 Å². The molecule has 0 radical (unpaired) electrons. The molecule has 100 valence electrons. The monoisotopic (exact) mass is 341 g/mol. The highest BCUT2D eigenvalue weighted by molar-refractivity contribution is 9.10. The van der Waals surface area contributed by atoms with E-state index in [1.54, 1.807) is 12.1 Å². The lowest BCUT2D eigenvalue weighted by molar-refractivity contribution is 0.571. The van der Waals surface area contributed by atoms with E-state index in [0.29, 0.717) is 11.6 Å². The molecule has 0 aliphatic carbocycles. The lowest BCUT2D eigenvalue weighted by Crippen LogP contribution is -2.18. The van der Waals surface area contributed by atoms with Gasteiger partial charge in [-0.05, 0) is 58.2 Å². The topological polar surface area (TPSA) is 12.0 Å². The molecule has 0 bridgehead atoms. The van der Waals surface area contributed by atoms with Gasteiger partial charge in [-0.3, -0.25) is 0 Å². The van der Waals surface area contributed by atoms with Gasteiger partial charge in [-0.25, -0.2) is 4.39 Å². The van der Waals surface area contributed by atoms with Crippen LogP contribution in [0.15, 0.2) is 46.9 Å². The average Bonchev–Trinajstić information content (AvgIpc) is 2.40. The van der Waals surface area contributed by atoms with E-state index >= 15 is 0 Å². The Morgan fingerprint density at radius 3 is 2.53 bits per heavy atom. The van der Waals surface area contributed by atoms with Crippen LogP contribution in [0.1, 0.15) is 24.1 Å². The van der Waals surface area contributed by atoms with Crippen LogP contribution in [0.4, 0.5) is 4.39 Å². The number of rotatable bonds is 4. The van der Waals surface area contributed by atoms with Crippen molar-refractivity contribution in [1.82, 2.24) is 5.32 Å². The SMILES string of the molecule is C[C@@H](NCc1ccc(Br)c(Cl)c1)c1ccc(F)cc1. The van der Waals surface area contributed by atoms with Gasteiger partial charge in [-0.1, -0.05) is 29.8 Å². The second-order valence-electron chi connectivity index (χ2n) is 4.40. The van der Waals surface area contributed by atoms with Crippen molar-refractivity contribution in [3.8, 4) is 0 Å². The molecule has 0 saturated carbocycles. The molecule has 0 spiro atoms. The van der Waals surface area contributed by atoms with Crippen LogP contribution in [0.2, 0.25) is 5.02 Å². The molecular formula is C15H14BrClFN. The third-order valence-electron chi connectivity index (χ3n) is 2.97. The number of hydrogen-bond donors (Lipinski definition) is 1. The Hall–Kier alpha value is -0.900. The smallest absolute Gasteiger partial charge is 0.123 e. The molecule has 0 heterocycles. The van der Waals surface area contributed by atoms with E-state index in [2.05, 4.69) is 21.2 Å². The molecule has 2 aromatic carbocycles. The van der Waals surface area contributed by atoms with Crippen LogP contribution in [0.25, 0.3) is 0 Å². The first kappa shape index (κ1) is 14.5. The summed E-state index contributed by atoms with van der Waals surface area (Å²) in [5.41, 5.74) is 2.17. The second-order valence-corrected chi connectivity index (χ2v) is 5.66. The van der Waals surface area contributed by atoms with Gasteiger partial charge in [-0.2, -0.15) is 0 Å². The van der Waals surface area contributed by atoms with Gasteiger partial charge in [0.1, 0.15) is 5.82 Å². The second kappa shape index (κ2) is 6.51. The molecule has 0 aliphatic heterocycles. The van der Waals surface area contributed by atoms with E-state index in [1.165, 1.54) is 12.1 Å². The fourth-order valence-electron chi connectivity index (χ4n) is 1.79. The molecule has 1 nitrogen and oxygen atoms in total. The maximum Gasteiger partial charge on any atom is 0.123 e. The van der Waals surface area contributed by atoms with Crippen molar-refractivity contribution in [3.63, 3.8) is 0 Å². The first-order valence-electron chi connectivity index (χ1n) is 5.99. The number of halogens is 3. The third-order valence-corrected chi connectivity index (χ3v) is 4.20. The van der Waals surface area contributed by atoms with Gasteiger partial charge < -0.3 is 5.32 Å². The summed E-state index contributed by atoms with van der Waals surface area (Å²) in [5.74, 6) is -0.212. The van der Waals surface area contributed by atoms with Crippen molar-refractivity contribution in [2.24, 2.45) is 0 Å². The molecule has 0 aromatic heterocycles. The largest absolute Gasteiger partial charge is 0.306 e. The molecular weight excluding hydrogens is 329 g/mol. The Bertz CT molecular complexity index is 557. The third kappa shape index (κ3) is 4.03. The van der Waals surface area contributed by atoms with Gasteiger partial charge in [-0.15, -0.1) is 0 Å². The molecule has 0 unspecified atom stereocenters. The molecule has 2 rings (SSSR count). The predicted molar refractivity (Wildman–Crippen MR) is 80.8 cm³/mol. The van der Waals surface area contributed by atoms with E-state index in [0.717, 1.165) is 15.6 Å². The van der Waals surface area contributed by atoms with Crippen LogP contribution in [0.3, 0.4) is 0 Å². The standard InChI is InChI=1S/C15H14BrClFN/c1-10(12-3-5-13(18)6-4-12)19-9-11-2-7-14(16)15(17)8-11/h2-8,10,19H,9H2,1H3/t10-/m1/s1. The van der Waals surface area contributed by atoms with Gasteiger partial charge in [0.05, 0.1) is 5.02 Å². The van der Waals surface area contributed by atoms with Gasteiger partial charge in [0.15, 0.2) is 0 Å². The molecule has 2 aromatic rings. The van der Waals surface area contributed by atoms with Crippen LogP contribution in [0, 0.1) is 5.82 Å². The van der Waals surface area contributed by atoms with Crippen LogP contribution < -0.4 is 5.32 Å². The minimum atomic E-state index is -0.212. The Morgan fingerprint density at radius 1 is 1.21 bits per heavy atom. The Morgan fingerprint density at radius 2 is 1.89 bits per heavy atom. The summed E-state index contributed by atoms with van der Waals surface area (Å²) < 4.78 is 13.7. The van der Waals surface area contributed by atoms with E-state index in [4.69, 9.17) is 11.6 Å².